The molecule has 5 heteroatoms. The number of carbonyl (C=O) groups excluding carboxylic acids is 1. The van der Waals surface area contributed by atoms with Gasteiger partial charge in [0.15, 0.2) is 0 Å². The monoisotopic (exact) mass is 246 g/mol. The number of amides is 1. The number of benzene rings is 1. The van der Waals surface area contributed by atoms with Crippen molar-refractivity contribution in [2.75, 3.05) is 5.32 Å². The van der Waals surface area contributed by atoms with Crippen molar-refractivity contribution < 1.29 is 14.3 Å². The lowest BCUT2D eigenvalue weighted by Gasteiger charge is -2.07. The fourth-order valence-corrected chi connectivity index (χ4v) is 1.51. The predicted octanol–water partition coefficient (Wildman–Crippen LogP) is 2.49. The van der Waals surface area contributed by atoms with Crippen LogP contribution in [-0.2, 0) is 0 Å². The Balaban J connectivity index is 2.24. The minimum atomic E-state index is -0.540. The Morgan fingerprint density at radius 1 is 1.33 bits per heavy atom. The van der Waals surface area contributed by atoms with Gasteiger partial charge in [-0.15, -0.1) is 0 Å². The Labute approximate surface area is 103 Å². The maximum absolute atomic E-state index is 12.9. The predicted molar refractivity (Wildman–Crippen MR) is 65.0 cm³/mol. The number of aryl methyl sites for hydroxylation is 1. The van der Waals surface area contributed by atoms with E-state index in [-0.39, 0.29) is 17.0 Å². The molecule has 0 aliphatic heterocycles. The zero-order valence-corrected chi connectivity index (χ0v) is 9.64. The van der Waals surface area contributed by atoms with E-state index in [0.717, 1.165) is 17.8 Å². The van der Waals surface area contributed by atoms with Gasteiger partial charge in [-0.25, -0.2) is 4.39 Å². The van der Waals surface area contributed by atoms with Gasteiger partial charge in [-0.1, -0.05) is 11.6 Å². The van der Waals surface area contributed by atoms with Gasteiger partial charge in [0.05, 0.1) is 23.6 Å². The third-order valence-electron chi connectivity index (χ3n) is 2.36. The van der Waals surface area contributed by atoms with Gasteiger partial charge in [0, 0.05) is 6.07 Å². The Morgan fingerprint density at radius 2 is 2.11 bits per heavy atom. The van der Waals surface area contributed by atoms with E-state index in [1.807, 2.05) is 0 Å². The van der Waals surface area contributed by atoms with Crippen molar-refractivity contribution in [3.05, 3.63) is 53.6 Å². The first kappa shape index (κ1) is 12.0. The summed E-state index contributed by atoms with van der Waals surface area (Å²) >= 11 is 0. The quantitative estimate of drug-likeness (QED) is 0.855. The van der Waals surface area contributed by atoms with Crippen LogP contribution in [0, 0.1) is 12.7 Å². The van der Waals surface area contributed by atoms with E-state index in [0.29, 0.717) is 0 Å². The summed E-state index contributed by atoms with van der Waals surface area (Å²) in [5, 5.41) is 12.1. The molecule has 1 amide bonds. The molecule has 1 aromatic carbocycles. The van der Waals surface area contributed by atoms with Crippen molar-refractivity contribution in [2.45, 2.75) is 6.92 Å². The van der Waals surface area contributed by atoms with Crippen molar-refractivity contribution in [3.8, 4) is 5.75 Å². The van der Waals surface area contributed by atoms with Crippen molar-refractivity contribution in [3.63, 3.8) is 0 Å². The molecule has 2 rings (SSSR count). The van der Waals surface area contributed by atoms with Crippen LogP contribution >= 0.6 is 0 Å². The van der Waals surface area contributed by atoms with Crippen LogP contribution in [0.3, 0.4) is 0 Å². The molecular weight excluding hydrogens is 235 g/mol. The second kappa shape index (κ2) is 4.83. The lowest BCUT2D eigenvalue weighted by molar-refractivity contribution is 0.102. The highest BCUT2D eigenvalue weighted by atomic mass is 19.1. The molecule has 4 nitrogen and oxygen atoms in total. The number of hydrogen-bond donors (Lipinski definition) is 2. The molecule has 0 radical (unpaired) electrons. The van der Waals surface area contributed by atoms with Gasteiger partial charge in [0.25, 0.3) is 5.91 Å². The van der Waals surface area contributed by atoms with E-state index in [1.54, 1.807) is 19.1 Å². The number of anilines is 1. The highest BCUT2D eigenvalue weighted by Gasteiger charge is 2.11. The van der Waals surface area contributed by atoms with Crippen molar-refractivity contribution in [1.29, 1.82) is 0 Å². The van der Waals surface area contributed by atoms with Crippen LogP contribution in [0.1, 0.15) is 15.9 Å². The van der Waals surface area contributed by atoms with Crippen LogP contribution in [0.25, 0.3) is 0 Å². The van der Waals surface area contributed by atoms with Gasteiger partial charge in [0.2, 0.25) is 0 Å². The minimum absolute atomic E-state index is 0.123. The number of nitrogens with one attached hydrogen (secondary N) is 1. The minimum Gasteiger partial charge on any atom is -0.507 e. The fraction of sp³-hybridized carbons (Fsp3) is 0.0769. The van der Waals surface area contributed by atoms with Gasteiger partial charge >= 0.3 is 0 Å². The van der Waals surface area contributed by atoms with E-state index in [4.69, 9.17) is 0 Å². The van der Waals surface area contributed by atoms with Crippen molar-refractivity contribution >= 4 is 11.6 Å². The number of phenolic OH excluding ortho intramolecular Hbond substituents is 1. The van der Waals surface area contributed by atoms with E-state index in [2.05, 4.69) is 10.3 Å². The third kappa shape index (κ3) is 2.63. The molecule has 0 unspecified atom stereocenters. The average Bonchev–Trinajstić information content (AvgIpc) is 2.32. The summed E-state index contributed by atoms with van der Waals surface area (Å²) in [5.74, 6) is -1.17. The molecule has 0 atom stereocenters. The number of pyridine rings is 1. The van der Waals surface area contributed by atoms with Crippen LogP contribution < -0.4 is 5.32 Å². The number of hydrogen-bond acceptors (Lipinski definition) is 3. The van der Waals surface area contributed by atoms with Gasteiger partial charge < -0.3 is 10.4 Å². The van der Waals surface area contributed by atoms with E-state index >= 15 is 0 Å². The first-order valence-corrected chi connectivity index (χ1v) is 5.28. The summed E-state index contributed by atoms with van der Waals surface area (Å²) in [6.07, 6.45) is 2.37. The zero-order chi connectivity index (χ0) is 13.1. The topological polar surface area (TPSA) is 62.2 Å². The van der Waals surface area contributed by atoms with Crippen LogP contribution in [0.15, 0.2) is 36.7 Å². The molecule has 92 valence electrons. The normalized spacial score (nSPS) is 10.1. The first-order valence-electron chi connectivity index (χ1n) is 5.28. The molecule has 0 fully saturated rings. The number of aromatic nitrogens is 1. The first-order chi connectivity index (χ1) is 8.56. The van der Waals surface area contributed by atoms with Crippen LogP contribution in [0.5, 0.6) is 5.75 Å². The van der Waals surface area contributed by atoms with Crippen LogP contribution in [0.4, 0.5) is 10.1 Å². The smallest absolute Gasteiger partial charge is 0.259 e. The van der Waals surface area contributed by atoms with Crippen LogP contribution in [0.2, 0.25) is 0 Å². The Hall–Kier alpha value is -2.43. The number of carbonyl (C=O) groups is 1. The number of nitrogens with zero attached hydrogens (tertiary/aromatic N) is 1. The maximum atomic E-state index is 12.9. The van der Waals surface area contributed by atoms with Crippen molar-refractivity contribution in [2.24, 2.45) is 0 Å². The van der Waals surface area contributed by atoms with Gasteiger partial charge in [0.1, 0.15) is 11.6 Å². The van der Waals surface area contributed by atoms with E-state index in [9.17, 15) is 14.3 Å². The lowest BCUT2D eigenvalue weighted by Crippen LogP contribution is -2.12. The summed E-state index contributed by atoms with van der Waals surface area (Å²) in [5.41, 5.74) is 1.22. The molecular formula is C13H11FN2O2. The summed E-state index contributed by atoms with van der Waals surface area (Å²) in [6, 6.07) is 5.83. The second-order valence-corrected chi connectivity index (χ2v) is 3.87. The Bertz CT molecular complexity index is 599. The lowest BCUT2D eigenvalue weighted by atomic mass is 10.1. The molecule has 0 bridgehead atoms. The maximum Gasteiger partial charge on any atom is 0.259 e. The molecule has 0 aliphatic carbocycles. The van der Waals surface area contributed by atoms with Gasteiger partial charge in [-0.2, -0.15) is 0 Å². The summed E-state index contributed by atoms with van der Waals surface area (Å²) in [7, 11) is 0. The molecule has 1 heterocycles. The van der Waals surface area contributed by atoms with Crippen LogP contribution in [-0.4, -0.2) is 16.0 Å². The van der Waals surface area contributed by atoms with E-state index < -0.39 is 11.7 Å². The van der Waals surface area contributed by atoms with Crippen molar-refractivity contribution in [1.82, 2.24) is 4.98 Å². The number of aromatic hydroxyl groups is 1. The molecule has 0 saturated heterocycles. The van der Waals surface area contributed by atoms with E-state index in [1.165, 1.54) is 12.3 Å². The molecule has 2 N–H and O–H groups in total. The van der Waals surface area contributed by atoms with Gasteiger partial charge in [-0.3, -0.25) is 9.78 Å². The third-order valence-corrected chi connectivity index (χ3v) is 2.36. The Morgan fingerprint density at radius 3 is 2.83 bits per heavy atom. The number of halogens is 1. The average molecular weight is 246 g/mol. The molecule has 1 aromatic heterocycles. The second-order valence-electron chi connectivity index (χ2n) is 3.87. The molecule has 0 spiro atoms. The zero-order valence-electron chi connectivity index (χ0n) is 9.64. The Kier molecular flexibility index (Phi) is 3.23. The standard InChI is InChI=1S/C13H11FN2O2/c1-8-2-3-12(17)11(4-8)13(18)16-10-5-9(14)6-15-7-10/h2-7,17H,1H3,(H,16,18). The number of rotatable bonds is 2. The van der Waals surface area contributed by atoms with Gasteiger partial charge in [-0.05, 0) is 19.1 Å². The summed E-state index contributed by atoms with van der Waals surface area (Å²) in [6.45, 7) is 1.81. The highest BCUT2D eigenvalue weighted by molar-refractivity contribution is 6.06. The summed E-state index contributed by atoms with van der Waals surface area (Å²) < 4.78 is 12.9. The highest BCUT2D eigenvalue weighted by Crippen LogP contribution is 2.19. The molecule has 18 heavy (non-hydrogen) atoms. The number of phenols is 1. The molecule has 0 aliphatic rings. The fourth-order valence-electron chi connectivity index (χ4n) is 1.51. The molecule has 0 saturated carbocycles. The SMILES string of the molecule is Cc1ccc(O)c(C(=O)Nc2cncc(F)c2)c1. The largest absolute Gasteiger partial charge is 0.507 e. The summed E-state index contributed by atoms with van der Waals surface area (Å²) in [4.78, 5) is 15.5. The molecule has 2 aromatic rings.